The van der Waals surface area contributed by atoms with Gasteiger partial charge in [-0.25, -0.2) is 4.98 Å². The SMILES string of the molecule is O=C(Nc1ccccc1[N+](=O)[O-])c1ccc2ccccc2n1. The minimum atomic E-state index is -0.538. The highest BCUT2D eigenvalue weighted by Crippen LogP contribution is 2.23. The van der Waals surface area contributed by atoms with Crippen molar-refractivity contribution in [3.63, 3.8) is 0 Å². The third kappa shape index (κ3) is 2.62. The molecule has 0 saturated heterocycles. The molecule has 0 saturated carbocycles. The van der Waals surface area contributed by atoms with Crippen LogP contribution >= 0.6 is 0 Å². The normalized spacial score (nSPS) is 10.4. The van der Waals surface area contributed by atoms with E-state index in [1.54, 1.807) is 30.3 Å². The summed E-state index contributed by atoms with van der Waals surface area (Å²) in [6.07, 6.45) is 0. The number of amides is 1. The second kappa shape index (κ2) is 5.61. The Labute approximate surface area is 125 Å². The topological polar surface area (TPSA) is 85.1 Å². The number of para-hydroxylation sites is 3. The maximum absolute atomic E-state index is 12.2. The van der Waals surface area contributed by atoms with Gasteiger partial charge < -0.3 is 5.32 Å². The van der Waals surface area contributed by atoms with Crippen molar-refractivity contribution in [1.82, 2.24) is 4.98 Å². The second-order valence-corrected chi connectivity index (χ2v) is 4.62. The molecule has 6 heteroatoms. The molecule has 0 aliphatic rings. The fraction of sp³-hybridized carbons (Fsp3) is 0. The molecule has 3 aromatic rings. The Morgan fingerprint density at radius 1 is 1.00 bits per heavy atom. The number of nitro groups is 1. The van der Waals surface area contributed by atoms with E-state index in [1.807, 2.05) is 18.2 Å². The first kappa shape index (κ1) is 13.7. The minimum Gasteiger partial charge on any atom is -0.315 e. The molecule has 6 nitrogen and oxygen atoms in total. The van der Waals surface area contributed by atoms with Crippen molar-refractivity contribution in [2.45, 2.75) is 0 Å². The zero-order valence-corrected chi connectivity index (χ0v) is 11.4. The van der Waals surface area contributed by atoms with Crippen molar-refractivity contribution >= 4 is 28.2 Å². The van der Waals surface area contributed by atoms with Crippen LogP contribution in [0.5, 0.6) is 0 Å². The Kier molecular flexibility index (Phi) is 3.49. The van der Waals surface area contributed by atoms with Gasteiger partial charge in [-0.15, -0.1) is 0 Å². The number of rotatable bonds is 3. The molecule has 1 aromatic heterocycles. The Balaban J connectivity index is 1.92. The maximum Gasteiger partial charge on any atom is 0.292 e. The predicted octanol–water partition coefficient (Wildman–Crippen LogP) is 3.40. The van der Waals surface area contributed by atoms with E-state index in [0.717, 1.165) is 5.39 Å². The molecule has 0 unspecified atom stereocenters. The fourth-order valence-electron chi connectivity index (χ4n) is 2.12. The average Bonchev–Trinajstić information content (AvgIpc) is 2.54. The summed E-state index contributed by atoms with van der Waals surface area (Å²) in [4.78, 5) is 26.9. The summed E-state index contributed by atoms with van der Waals surface area (Å²) in [7, 11) is 0. The van der Waals surface area contributed by atoms with Gasteiger partial charge in [-0.1, -0.05) is 36.4 Å². The highest BCUT2D eigenvalue weighted by Gasteiger charge is 2.16. The first-order valence-corrected chi connectivity index (χ1v) is 6.56. The molecule has 0 bridgehead atoms. The number of aromatic nitrogens is 1. The molecule has 0 spiro atoms. The van der Waals surface area contributed by atoms with E-state index in [1.165, 1.54) is 12.1 Å². The van der Waals surface area contributed by atoms with E-state index in [0.29, 0.717) is 5.52 Å². The van der Waals surface area contributed by atoms with Crippen molar-refractivity contribution in [3.8, 4) is 0 Å². The van der Waals surface area contributed by atoms with Gasteiger partial charge in [0.15, 0.2) is 0 Å². The third-order valence-corrected chi connectivity index (χ3v) is 3.18. The van der Waals surface area contributed by atoms with E-state index in [4.69, 9.17) is 0 Å². The third-order valence-electron chi connectivity index (χ3n) is 3.18. The Morgan fingerprint density at radius 2 is 1.73 bits per heavy atom. The van der Waals surface area contributed by atoms with Gasteiger partial charge in [0.05, 0.1) is 10.4 Å². The van der Waals surface area contributed by atoms with E-state index in [-0.39, 0.29) is 17.1 Å². The zero-order chi connectivity index (χ0) is 15.5. The molecule has 22 heavy (non-hydrogen) atoms. The number of carbonyl (C=O) groups is 1. The summed E-state index contributed by atoms with van der Waals surface area (Å²) < 4.78 is 0. The maximum atomic E-state index is 12.2. The lowest BCUT2D eigenvalue weighted by molar-refractivity contribution is -0.383. The van der Waals surface area contributed by atoms with E-state index >= 15 is 0 Å². The number of nitrogens with zero attached hydrogens (tertiary/aromatic N) is 2. The standard InChI is InChI=1S/C16H11N3O3/c20-16(18-13-7-3-4-8-15(13)19(21)22)14-10-9-11-5-1-2-6-12(11)17-14/h1-10H,(H,18,20). The molecule has 2 aromatic carbocycles. The number of hydrogen-bond acceptors (Lipinski definition) is 4. The molecule has 0 aliphatic carbocycles. The minimum absolute atomic E-state index is 0.146. The van der Waals surface area contributed by atoms with Crippen LogP contribution in [-0.2, 0) is 0 Å². The van der Waals surface area contributed by atoms with E-state index < -0.39 is 10.8 Å². The average molecular weight is 293 g/mol. The number of fused-ring (bicyclic) bond motifs is 1. The number of benzene rings is 2. The van der Waals surface area contributed by atoms with Gasteiger partial charge in [-0.3, -0.25) is 14.9 Å². The summed E-state index contributed by atoms with van der Waals surface area (Å²) in [6.45, 7) is 0. The number of pyridine rings is 1. The van der Waals surface area contributed by atoms with Gasteiger partial charge in [0.2, 0.25) is 0 Å². The van der Waals surface area contributed by atoms with Gasteiger partial charge >= 0.3 is 0 Å². The van der Waals surface area contributed by atoms with Gasteiger partial charge in [0, 0.05) is 11.5 Å². The van der Waals surface area contributed by atoms with Crippen LogP contribution in [0, 0.1) is 10.1 Å². The van der Waals surface area contributed by atoms with Gasteiger partial charge in [-0.05, 0) is 18.2 Å². The molecule has 1 N–H and O–H groups in total. The highest BCUT2D eigenvalue weighted by atomic mass is 16.6. The number of hydrogen-bond donors (Lipinski definition) is 1. The molecule has 0 fully saturated rings. The molecule has 0 aliphatic heterocycles. The first-order valence-electron chi connectivity index (χ1n) is 6.56. The summed E-state index contributed by atoms with van der Waals surface area (Å²) in [5.41, 5.74) is 0.888. The lowest BCUT2D eigenvalue weighted by atomic mass is 10.2. The van der Waals surface area contributed by atoms with Crippen LogP contribution < -0.4 is 5.32 Å². The molecule has 0 radical (unpaired) electrons. The molecule has 1 amide bonds. The monoisotopic (exact) mass is 293 g/mol. The molecule has 108 valence electrons. The molecular weight excluding hydrogens is 282 g/mol. The number of nitrogens with one attached hydrogen (secondary N) is 1. The van der Waals surface area contributed by atoms with E-state index in [9.17, 15) is 14.9 Å². The summed E-state index contributed by atoms with van der Waals surface area (Å²) in [6, 6.07) is 16.8. The smallest absolute Gasteiger partial charge is 0.292 e. The first-order chi connectivity index (χ1) is 10.6. The van der Waals surface area contributed by atoms with Crippen molar-refractivity contribution in [2.24, 2.45) is 0 Å². The van der Waals surface area contributed by atoms with Crippen molar-refractivity contribution in [3.05, 3.63) is 76.5 Å². The lowest BCUT2D eigenvalue weighted by Gasteiger charge is -2.06. The number of carbonyl (C=O) groups excluding carboxylic acids is 1. The summed E-state index contributed by atoms with van der Waals surface area (Å²) >= 11 is 0. The second-order valence-electron chi connectivity index (χ2n) is 4.62. The van der Waals surface area contributed by atoms with E-state index in [2.05, 4.69) is 10.3 Å². The molecule has 0 atom stereocenters. The van der Waals surface area contributed by atoms with Crippen molar-refractivity contribution in [1.29, 1.82) is 0 Å². The highest BCUT2D eigenvalue weighted by molar-refractivity contribution is 6.05. The summed E-state index contributed by atoms with van der Waals surface area (Å²) in [5, 5.41) is 14.4. The van der Waals surface area contributed by atoms with Gasteiger partial charge in [0.1, 0.15) is 11.4 Å². The largest absolute Gasteiger partial charge is 0.315 e. The Bertz CT molecular complexity index is 877. The van der Waals surface area contributed by atoms with Crippen LogP contribution in [0.4, 0.5) is 11.4 Å². The van der Waals surface area contributed by atoms with Gasteiger partial charge in [0.25, 0.3) is 11.6 Å². The van der Waals surface area contributed by atoms with Crippen LogP contribution in [0.25, 0.3) is 10.9 Å². The molecule has 1 heterocycles. The number of anilines is 1. The number of nitro benzene ring substituents is 1. The van der Waals surface area contributed by atoms with Crippen LogP contribution in [0.2, 0.25) is 0 Å². The molecule has 3 rings (SSSR count). The van der Waals surface area contributed by atoms with Crippen LogP contribution in [-0.4, -0.2) is 15.8 Å². The quantitative estimate of drug-likeness (QED) is 0.592. The molecular formula is C16H11N3O3. The van der Waals surface area contributed by atoms with Crippen molar-refractivity contribution in [2.75, 3.05) is 5.32 Å². The fourth-order valence-corrected chi connectivity index (χ4v) is 2.12. The van der Waals surface area contributed by atoms with Gasteiger partial charge in [-0.2, -0.15) is 0 Å². The summed E-state index contributed by atoms with van der Waals surface area (Å²) in [5.74, 6) is -0.486. The Morgan fingerprint density at radius 3 is 2.55 bits per heavy atom. The van der Waals surface area contributed by atoms with Crippen LogP contribution in [0.1, 0.15) is 10.5 Å². The van der Waals surface area contributed by atoms with Crippen LogP contribution in [0.3, 0.4) is 0 Å². The Hall–Kier alpha value is -3.28. The lowest BCUT2D eigenvalue weighted by Crippen LogP contribution is -2.14. The predicted molar refractivity (Wildman–Crippen MR) is 82.8 cm³/mol. The zero-order valence-electron chi connectivity index (χ0n) is 11.4. The van der Waals surface area contributed by atoms with Crippen molar-refractivity contribution < 1.29 is 9.72 Å². The van der Waals surface area contributed by atoms with Crippen LogP contribution in [0.15, 0.2) is 60.7 Å².